The van der Waals surface area contributed by atoms with Crippen molar-refractivity contribution in [3.63, 3.8) is 0 Å². The third kappa shape index (κ3) is 6.79. The van der Waals surface area contributed by atoms with E-state index < -0.39 is 6.04 Å². The lowest BCUT2D eigenvalue weighted by Gasteiger charge is -2.29. The molecular weight excluding hydrogens is 380 g/mol. The van der Waals surface area contributed by atoms with Crippen molar-refractivity contribution in [2.75, 3.05) is 20.3 Å². The largest absolute Gasteiger partial charge is 0.497 e. The van der Waals surface area contributed by atoms with Crippen LogP contribution in [0.3, 0.4) is 0 Å². The molecule has 0 bridgehead atoms. The highest BCUT2D eigenvalue weighted by molar-refractivity contribution is 5.88. The lowest BCUT2D eigenvalue weighted by atomic mass is 10.1. The Morgan fingerprint density at radius 2 is 1.63 bits per heavy atom. The van der Waals surface area contributed by atoms with Crippen molar-refractivity contribution < 1.29 is 19.1 Å². The van der Waals surface area contributed by atoms with Gasteiger partial charge < -0.3 is 19.7 Å². The maximum atomic E-state index is 13.0. The minimum Gasteiger partial charge on any atom is -0.497 e. The van der Waals surface area contributed by atoms with E-state index in [-0.39, 0.29) is 18.4 Å². The van der Waals surface area contributed by atoms with Crippen LogP contribution in [-0.4, -0.2) is 43.0 Å². The van der Waals surface area contributed by atoms with Crippen LogP contribution >= 0.6 is 0 Å². The first kappa shape index (κ1) is 23.3. The Labute approximate surface area is 179 Å². The Morgan fingerprint density at radius 3 is 2.23 bits per heavy atom. The second-order valence-corrected chi connectivity index (χ2v) is 7.73. The number of carbonyl (C=O) groups excluding carboxylic acids is 2. The molecule has 0 aliphatic rings. The van der Waals surface area contributed by atoms with E-state index in [1.165, 1.54) is 0 Å². The van der Waals surface area contributed by atoms with Crippen LogP contribution in [0.1, 0.15) is 31.9 Å². The third-order valence-corrected chi connectivity index (χ3v) is 4.88. The average molecular weight is 413 g/mol. The number of ether oxygens (including phenoxy) is 2. The molecule has 0 fully saturated rings. The maximum absolute atomic E-state index is 13.0. The predicted molar refractivity (Wildman–Crippen MR) is 118 cm³/mol. The van der Waals surface area contributed by atoms with Crippen molar-refractivity contribution in [3.8, 4) is 11.5 Å². The summed E-state index contributed by atoms with van der Waals surface area (Å²) in [5, 5.41) is 2.92. The van der Waals surface area contributed by atoms with E-state index in [4.69, 9.17) is 9.47 Å². The molecule has 162 valence electrons. The molecule has 1 atom stereocenters. The molecular formula is C24H32N2O4. The maximum Gasteiger partial charge on any atom is 0.261 e. The Balaban J connectivity index is 2.12. The molecule has 2 aromatic carbocycles. The van der Waals surface area contributed by atoms with Crippen LogP contribution in [0.25, 0.3) is 0 Å². The number of rotatable bonds is 10. The topological polar surface area (TPSA) is 67.9 Å². The highest BCUT2D eigenvalue weighted by Crippen LogP contribution is 2.18. The molecule has 2 rings (SSSR count). The third-order valence-electron chi connectivity index (χ3n) is 4.88. The highest BCUT2D eigenvalue weighted by atomic mass is 16.5. The molecule has 0 aliphatic carbocycles. The van der Waals surface area contributed by atoms with Crippen molar-refractivity contribution in [1.82, 2.24) is 10.2 Å². The molecule has 6 heteroatoms. The van der Waals surface area contributed by atoms with Crippen molar-refractivity contribution in [3.05, 3.63) is 59.7 Å². The van der Waals surface area contributed by atoms with Crippen LogP contribution in [0.5, 0.6) is 11.5 Å². The fourth-order valence-electron chi connectivity index (χ4n) is 2.91. The van der Waals surface area contributed by atoms with E-state index in [2.05, 4.69) is 5.32 Å². The number of nitrogens with one attached hydrogen (secondary N) is 1. The fourth-order valence-corrected chi connectivity index (χ4v) is 2.91. The molecule has 1 N–H and O–H groups in total. The number of carbonyl (C=O) groups is 2. The molecule has 0 aliphatic heterocycles. The summed E-state index contributed by atoms with van der Waals surface area (Å²) in [4.78, 5) is 27.3. The molecule has 0 aromatic heterocycles. The summed E-state index contributed by atoms with van der Waals surface area (Å²) >= 11 is 0. The van der Waals surface area contributed by atoms with E-state index in [1.807, 2.05) is 45.0 Å². The summed E-state index contributed by atoms with van der Waals surface area (Å²) in [6.45, 7) is 8.56. The Morgan fingerprint density at radius 1 is 1.00 bits per heavy atom. The van der Waals surface area contributed by atoms with Gasteiger partial charge in [-0.25, -0.2) is 0 Å². The van der Waals surface area contributed by atoms with E-state index in [1.54, 1.807) is 43.2 Å². The number of hydrogen-bond donors (Lipinski definition) is 1. The Kier molecular flexibility index (Phi) is 8.71. The van der Waals surface area contributed by atoms with E-state index in [9.17, 15) is 9.59 Å². The molecule has 0 radical (unpaired) electrons. The van der Waals surface area contributed by atoms with Crippen LogP contribution in [0.15, 0.2) is 48.5 Å². The van der Waals surface area contributed by atoms with Crippen molar-refractivity contribution >= 4 is 11.8 Å². The second kappa shape index (κ2) is 11.2. The van der Waals surface area contributed by atoms with Gasteiger partial charge in [0.05, 0.1) is 7.11 Å². The molecule has 2 aromatic rings. The lowest BCUT2D eigenvalue weighted by Crippen LogP contribution is -2.49. The van der Waals surface area contributed by atoms with Crippen molar-refractivity contribution in [1.29, 1.82) is 0 Å². The number of methoxy groups -OCH3 is 1. The van der Waals surface area contributed by atoms with Gasteiger partial charge in [-0.15, -0.1) is 0 Å². The first-order valence-corrected chi connectivity index (χ1v) is 10.2. The average Bonchev–Trinajstić information content (AvgIpc) is 2.75. The summed E-state index contributed by atoms with van der Waals surface area (Å²) in [6.07, 6.45) is 0. The SMILES string of the molecule is COc1ccc(OCC(=O)N(Cc2ccccc2C)[C@H](C)C(=O)NCC(C)C)cc1. The quantitative estimate of drug-likeness (QED) is 0.648. The van der Waals surface area contributed by atoms with Gasteiger partial charge in [0.25, 0.3) is 5.91 Å². The molecule has 2 amide bonds. The van der Waals surface area contributed by atoms with Crippen LogP contribution < -0.4 is 14.8 Å². The zero-order chi connectivity index (χ0) is 22.1. The Hall–Kier alpha value is -3.02. The zero-order valence-electron chi connectivity index (χ0n) is 18.5. The summed E-state index contributed by atoms with van der Waals surface area (Å²) in [5.41, 5.74) is 2.07. The van der Waals surface area contributed by atoms with Gasteiger partial charge in [0.1, 0.15) is 17.5 Å². The van der Waals surface area contributed by atoms with E-state index in [0.29, 0.717) is 30.5 Å². The zero-order valence-corrected chi connectivity index (χ0v) is 18.5. The molecule has 0 spiro atoms. The normalized spacial score (nSPS) is 11.7. The van der Waals surface area contributed by atoms with Gasteiger partial charge in [0.15, 0.2) is 6.61 Å². The van der Waals surface area contributed by atoms with Gasteiger partial charge in [-0.3, -0.25) is 9.59 Å². The van der Waals surface area contributed by atoms with E-state index in [0.717, 1.165) is 11.1 Å². The van der Waals surface area contributed by atoms with E-state index >= 15 is 0 Å². The lowest BCUT2D eigenvalue weighted by molar-refractivity contribution is -0.142. The summed E-state index contributed by atoms with van der Waals surface area (Å²) in [7, 11) is 1.59. The van der Waals surface area contributed by atoms with Crippen LogP contribution in [0, 0.1) is 12.8 Å². The molecule has 0 unspecified atom stereocenters. The van der Waals surface area contributed by atoms with Crippen LogP contribution in [-0.2, 0) is 16.1 Å². The first-order valence-electron chi connectivity index (χ1n) is 10.2. The van der Waals surface area contributed by atoms with Gasteiger partial charge in [-0.1, -0.05) is 38.1 Å². The number of amides is 2. The second-order valence-electron chi connectivity index (χ2n) is 7.73. The fraction of sp³-hybridized carbons (Fsp3) is 0.417. The number of hydrogen-bond acceptors (Lipinski definition) is 4. The molecule has 0 saturated heterocycles. The minimum atomic E-state index is -0.615. The van der Waals surface area contributed by atoms with Gasteiger partial charge in [0.2, 0.25) is 5.91 Å². The molecule has 30 heavy (non-hydrogen) atoms. The molecule has 0 saturated carbocycles. The molecule has 0 heterocycles. The first-order chi connectivity index (χ1) is 14.3. The number of nitrogens with zero attached hydrogens (tertiary/aromatic N) is 1. The van der Waals surface area contributed by atoms with Crippen molar-refractivity contribution in [2.24, 2.45) is 5.92 Å². The van der Waals surface area contributed by atoms with Gasteiger partial charge in [0, 0.05) is 13.1 Å². The van der Waals surface area contributed by atoms with Gasteiger partial charge in [-0.2, -0.15) is 0 Å². The van der Waals surface area contributed by atoms with Crippen molar-refractivity contribution in [2.45, 2.75) is 40.3 Å². The minimum absolute atomic E-state index is 0.153. The number of benzene rings is 2. The Bertz CT molecular complexity index is 833. The summed E-state index contributed by atoms with van der Waals surface area (Å²) in [5.74, 6) is 1.19. The summed E-state index contributed by atoms with van der Waals surface area (Å²) < 4.78 is 10.8. The monoisotopic (exact) mass is 412 g/mol. The standard InChI is InChI=1S/C24H32N2O4/c1-17(2)14-25-24(28)19(4)26(15-20-9-7-6-8-18(20)3)23(27)16-30-22-12-10-21(29-5)11-13-22/h6-13,17,19H,14-16H2,1-5H3,(H,25,28)/t19-/m1/s1. The van der Waals surface area contributed by atoms with Crippen LogP contribution in [0.4, 0.5) is 0 Å². The highest BCUT2D eigenvalue weighted by Gasteiger charge is 2.26. The summed E-state index contributed by atoms with van der Waals surface area (Å²) in [6, 6.07) is 14.3. The molecule has 6 nitrogen and oxygen atoms in total. The number of aryl methyl sites for hydroxylation is 1. The van der Waals surface area contributed by atoms with Gasteiger partial charge >= 0.3 is 0 Å². The van der Waals surface area contributed by atoms with Gasteiger partial charge in [-0.05, 0) is 55.2 Å². The predicted octanol–water partition coefficient (Wildman–Crippen LogP) is 3.57. The smallest absolute Gasteiger partial charge is 0.261 e. The van der Waals surface area contributed by atoms with Crippen LogP contribution in [0.2, 0.25) is 0 Å².